The van der Waals surface area contributed by atoms with Crippen molar-refractivity contribution in [1.29, 1.82) is 0 Å². The number of methoxy groups -OCH3 is 1. The third-order valence-corrected chi connectivity index (χ3v) is 4.24. The van der Waals surface area contributed by atoms with Crippen molar-refractivity contribution in [2.75, 3.05) is 13.7 Å². The standard InChI is InChI=1S/C16H18FNO2S/c1-16(2,11-6-4-5-7-12(11)17)10-18-15(19)14-13(20-3)8-9-21-14/h4-9H,10H2,1-3H3,(H,18,19). The summed E-state index contributed by atoms with van der Waals surface area (Å²) in [5.41, 5.74) is 0.0920. The number of amides is 1. The fourth-order valence-corrected chi connectivity index (χ4v) is 2.89. The van der Waals surface area contributed by atoms with Crippen molar-refractivity contribution in [3.8, 4) is 5.75 Å². The molecule has 1 N–H and O–H groups in total. The monoisotopic (exact) mass is 307 g/mol. The zero-order valence-electron chi connectivity index (χ0n) is 12.3. The molecule has 0 aliphatic rings. The van der Waals surface area contributed by atoms with E-state index in [-0.39, 0.29) is 11.7 Å². The van der Waals surface area contributed by atoms with E-state index in [1.165, 1.54) is 24.5 Å². The first-order valence-electron chi connectivity index (χ1n) is 6.60. The number of carbonyl (C=O) groups is 1. The number of rotatable bonds is 5. The Balaban J connectivity index is 2.08. The van der Waals surface area contributed by atoms with Crippen LogP contribution in [0.5, 0.6) is 5.75 Å². The number of carbonyl (C=O) groups excluding carboxylic acids is 1. The van der Waals surface area contributed by atoms with E-state index in [0.717, 1.165) is 0 Å². The van der Waals surface area contributed by atoms with Crippen LogP contribution in [-0.2, 0) is 5.41 Å². The largest absolute Gasteiger partial charge is 0.495 e. The molecule has 2 aromatic rings. The molecular formula is C16H18FNO2S. The van der Waals surface area contributed by atoms with Gasteiger partial charge in [0.1, 0.15) is 16.4 Å². The van der Waals surface area contributed by atoms with Gasteiger partial charge in [-0.2, -0.15) is 0 Å². The van der Waals surface area contributed by atoms with Gasteiger partial charge >= 0.3 is 0 Å². The maximum Gasteiger partial charge on any atom is 0.265 e. The molecule has 0 saturated heterocycles. The van der Waals surface area contributed by atoms with E-state index < -0.39 is 5.41 Å². The van der Waals surface area contributed by atoms with Crippen LogP contribution < -0.4 is 10.1 Å². The summed E-state index contributed by atoms with van der Waals surface area (Å²) in [5.74, 6) is 0.0953. The van der Waals surface area contributed by atoms with E-state index in [1.54, 1.807) is 29.6 Å². The number of thiophene rings is 1. The molecule has 1 amide bonds. The van der Waals surface area contributed by atoms with Gasteiger partial charge in [0.2, 0.25) is 0 Å². The smallest absolute Gasteiger partial charge is 0.265 e. The predicted octanol–water partition coefficient (Wildman–Crippen LogP) is 3.60. The second-order valence-corrected chi connectivity index (χ2v) is 6.28. The molecule has 0 atom stereocenters. The lowest BCUT2D eigenvalue weighted by Gasteiger charge is -2.26. The van der Waals surface area contributed by atoms with Crippen molar-refractivity contribution < 1.29 is 13.9 Å². The van der Waals surface area contributed by atoms with Gasteiger partial charge in [-0.15, -0.1) is 11.3 Å². The minimum Gasteiger partial charge on any atom is -0.495 e. The Hall–Kier alpha value is -1.88. The molecule has 5 heteroatoms. The highest BCUT2D eigenvalue weighted by Crippen LogP contribution is 2.27. The molecule has 1 aromatic heterocycles. The SMILES string of the molecule is COc1ccsc1C(=O)NCC(C)(C)c1ccccc1F. The van der Waals surface area contributed by atoms with Crippen molar-refractivity contribution in [1.82, 2.24) is 5.32 Å². The quantitative estimate of drug-likeness (QED) is 0.916. The van der Waals surface area contributed by atoms with Crippen LogP contribution in [0.1, 0.15) is 29.1 Å². The van der Waals surface area contributed by atoms with Crippen molar-refractivity contribution in [2.24, 2.45) is 0 Å². The van der Waals surface area contributed by atoms with Crippen LogP contribution in [0.4, 0.5) is 4.39 Å². The molecule has 1 aromatic carbocycles. The zero-order valence-corrected chi connectivity index (χ0v) is 13.1. The summed E-state index contributed by atoms with van der Waals surface area (Å²) in [6.45, 7) is 4.14. The van der Waals surface area contributed by atoms with Crippen LogP contribution in [0, 0.1) is 5.82 Å². The van der Waals surface area contributed by atoms with Crippen LogP contribution in [-0.4, -0.2) is 19.6 Å². The summed E-state index contributed by atoms with van der Waals surface area (Å²) in [5, 5.41) is 4.65. The number of nitrogens with one attached hydrogen (secondary N) is 1. The first-order chi connectivity index (χ1) is 9.95. The molecule has 0 aliphatic carbocycles. The second-order valence-electron chi connectivity index (χ2n) is 5.36. The lowest BCUT2D eigenvalue weighted by atomic mass is 9.84. The van der Waals surface area contributed by atoms with Gasteiger partial charge in [0, 0.05) is 12.0 Å². The zero-order chi connectivity index (χ0) is 15.5. The molecule has 0 saturated carbocycles. The molecule has 3 nitrogen and oxygen atoms in total. The third-order valence-electron chi connectivity index (χ3n) is 3.35. The van der Waals surface area contributed by atoms with E-state index >= 15 is 0 Å². The highest BCUT2D eigenvalue weighted by Gasteiger charge is 2.25. The lowest BCUT2D eigenvalue weighted by molar-refractivity contribution is 0.0946. The fraction of sp³-hybridized carbons (Fsp3) is 0.312. The van der Waals surface area contributed by atoms with Crippen LogP contribution in [0.25, 0.3) is 0 Å². The maximum absolute atomic E-state index is 13.9. The van der Waals surface area contributed by atoms with Gasteiger partial charge in [0.15, 0.2) is 0 Å². The summed E-state index contributed by atoms with van der Waals surface area (Å²) >= 11 is 1.32. The molecule has 21 heavy (non-hydrogen) atoms. The molecule has 0 aliphatic heterocycles. The average Bonchev–Trinajstić information content (AvgIpc) is 2.93. The Bertz CT molecular complexity index is 637. The molecule has 0 fully saturated rings. The minimum absolute atomic E-state index is 0.203. The molecule has 0 unspecified atom stereocenters. The topological polar surface area (TPSA) is 38.3 Å². The van der Waals surface area contributed by atoms with Gasteiger partial charge in [-0.25, -0.2) is 4.39 Å². The number of ether oxygens (including phenoxy) is 1. The highest BCUT2D eigenvalue weighted by molar-refractivity contribution is 7.12. The van der Waals surface area contributed by atoms with Crippen LogP contribution in [0.15, 0.2) is 35.7 Å². The fourth-order valence-electron chi connectivity index (χ4n) is 2.11. The highest BCUT2D eigenvalue weighted by atomic mass is 32.1. The number of benzene rings is 1. The lowest BCUT2D eigenvalue weighted by Crippen LogP contribution is -2.37. The molecule has 0 bridgehead atoms. The molecule has 0 radical (unpaired) electrons. The van der Waals surface area contributed by atoms with E-state index in [9.17, 15) is 9.18 Å². The second kappa shape index (κ2) is 6.26. The Morgan fingerprint density at radius 3 is 2.71 bits per heavy atom. The third kappa shape index (κ3) is 3.42. The van der Waals surface area contributed by atoms with E-state index in [4.69, 9.17) is 4.74 Å². The predicted molar refractivity (Wildman–Crippen MR) is 82.6 cm³/mol. The maximum atomic E-state index is 13.9. The number of hydrogen-bond donors (Lipinski definition) is 1. The molecule has 1 heterocycles. The molecule has 112 valence electrons. The van der Waals surface area contributed by atoms with Gasteiger partial charge in [-0.05, 0) is 23.1 Å². The summed E-state index contributed by atoms with van der Waals surface area (Å²) in [6.07, 6.45) is 0. The van der Waals surface area contributed by atoms with Crippen molar-refractivity contribution in [3.63, 3.8) is 0 Å². The molecule has 0 spiro atoms. The number of hydrogen-bond acceptors (Lipinski definition) is 3. The van der Waals surface area contributed by atoms with Crippen LogP contribution >= 0.6 is 11.3 Å². The Kier molecular flexibility index (Phi) is 4.63. The van der Waals surface area contributed by atoms with Crippen LogP contribution in [0.2, 0.25) is 0 Å². The summed E-state index contributed by atoms with van der Waals surface area (Å²) in [7, 11) is 1.53. The first kappa shape index (κ1) is 15.5. The normalized spacial score (nSPS) is 11.2. The van der Waals surface area contributed by atoms with Gasteiger partial charge in [-0.3, -0.25) is 4.79 Å². The average molecular weight is 307 g/mol. The summed E-state index contributed by atoms with van der Waals surface area (Å²) < 4.78 is 19.0. The Morgan fingerprint density at radius 1 is 1.33 bits per heavy atom. The van der Waals surface area contributed by atoms with Crippen molar-refractivity contribution >= 4 is 17.2 Å². The van der Waals surface area contributed by atoms with Gasteiger partial charge < -0.3 is 10.1 Å². The van der Waals surface area contributed by atoms with Crippen molar-refractivity contribution in [3.05, 3.63) is 52.0 Å². The van der Waals surface area contributed by atoms with E-state index in [2.05, 4.69) is 5.32 Å². The Labute approximate surface area is 127 Å². The number of halogens is 1. The minimum atomic E-state index is -0.495. The first-order valence-corrected chi connectivity index (χ1v) is 7.48. The van der Waals surface area contributed by atoms with E-state index in [1.807, 2.05) is 13.8 Å². The van der Waals surface area contributed by atoms with Gasteiger partial charge in [-0.1, -0.05) is 32.0 Å². The van der Waals surface area contributed by atoms with Gasteiger partial charge in [0.05, 0.1) is 7.11 Å². The summed E-state index contributed by atoms with van der Waals surface area (Å²) in [4.78, 5) is 12.7. The molecule has 2 rings (SSSR count). The Morgan fingerprint density at radius 2 is 2.05 bits per heavy atom. The van der Waals surface area contributed by atoms with Crippen LogP contribution in [0.3, 0.4) is 0 Å². The van der Waals surface area contributed by atoms with E-state index in [0.29, 0.717) is 22.7 Å². The van der Waals surface area contributed by atoms with Gasteiger partial charge in [0.25, 0.3) is 5.91 Å². The van der Waals surface area contributed by atoms with Crippen molar-refractivity contribution in [2.45, 2.75) is 19.3 Å². The summed E-state index contributed by atoms with van der Waals surface area (Å²) in [6, 6.07) is 8.38. The molecular weight excluding hydrogens is 289 g/mol.